The summed E-state index contributed by atoms with van der Waals surface area (Å²) in [5.74, 6) is 2.68. The van der Waals surface area contributed by atoms with E-state index in [1.54, 1.807) is 7.11 Å². The number of nitrogens with zero attached hydrogens (tertiary/aromatic N) is 1. The Morgan fingerprint density at radius 3 is 2.47 bits per heavy atom. The number of hydrogen-bond donors (Lipinski definition) is 0. The molecule has 3 nitrogen and oxygen atoms in total. The van der Waals surface area contributed by atoms with Crippen LogP contribution >= 0.6 is 0 Å². The predicted octanol–water partition coefficient (Wildman–Crippen LogP) is 6.16. The first kappa shape index (κ1) is 20.7. The highest BCUT2D eigenvalue weighted by molar-refractivity contribution is 5.48. The van der Waals surface area contributed by atoms with Crippen molar-refractivity contribution in [2.45, 2.75) is 31.1 Å². The molecule has 1 aliphatic heterocycles. The Balaban J connectivity index is 1.40. The monoisotopic (exact) mass is 425 g/mol. The Bertz CT molecular complexity index is 1060. The summed E-state index contributed by atoms with van der Waals surface area (Å²) >= 11 is 0. The van der Waals surface area contributed by atoms with Crippen molar-refractivity contribution < 1.29 is 9.47 Å². The minimum atomic E-state index is 0.329. The minimum Gasteiger partial charge on any atom is -0.497 e. The summed E-state index contributed by atoms with van der Waals surface area (Å²) in [4.78, 5) is 2.31. The number of benzene rings is 3. The summed E-state index contributed by atoms with van der Waals surface area (Å²) < 4.78 is 11.5. The third-order valence-corrected chi connectivity index (χ3v) is 6.83. The summed E-state index contributed by atoms with van der Waals surface area (Å²) in [5.41, 5.74) is 5.58. The van der Waals surface area contributed by atoms with Crippen LogP contribution in [0.5, 0.6) is 11.5 Å². The zero-order valence-corrected chi connectivity index (χ0v) is 18.7. The fraction of sp³-hybridized carbons (Fsp3) is 0.310. The molecule has 0 fully saturated rings. The Kier molecular flexibility index (Phi) is 6.15. The van der Waals surface area contributed by atoms with Crippen molar-refractivity contribution in [3.05, 3.63) is 107 Å². The van der Waals surface area contributed by atoms with E-state index in [1.807, 2.05) is 0 Å². The molecule has 3 aromatic rings. The Morgan fingerprint density at radius 1 is 0.906 bits per heavy atom. The van der Waals surface area contributed by atoms with Gasteiger partial charge in [0, 0.05) is 12.5 Å². The second kappa shape index (κ2) is 9.52. The molecule has 0 unspecified atom stereocenters. The minimum absolute atomic E-state index is 0.329. The van der Waals surface area contributed by atoms with Crippen molar-refractivity contribution in [2.75, 3.05) is 26.8 Å². The van der Waals surface area contributed by atoms with Crippen LogP contribution in [0.15, 0.2) is 85.1 Å². The maximum absolute atomic E-state index is 6.03. The van der Waals surface area contributed by atoms with E-state index in [0.29, 0.717) is 18.4 Å². The zero-order valence-electron chi connectivity index (χ0n) is 18.7. The lowest BCUT2D eigenvalue weighted by Crippen LogP contribution is -2.21. The molecule has 5 rings (SSSR count). The molecule has 2 atom stereocenters. The quantitative estimate of drug-likeness (QED) is 0.453. The van der Waals surface area contributed by atoms with Gasteiger partial charge in [-0.3, -0.25) is 0 Å². The molecule has 3 heteroatoms. The highest BCUT2D eigenvalue weighted by Crippen LogP contribution is 2.47. The van der Waals surface area contributed by atoms with Gasteiger partial charge in [-0.25, -0.2) is 0 Å². The summed E-state index contributed by atoms with van der Waals surface area (Å²) in [6.07, 6.45) is 7.75. The largest absolute Gasteiger partial charge is 0.497 e. The van der Waals surface area contributed by atoms with Crippen LogP contribution in [0.1, 0.15) is 46.9 Å². The number of fused-ring (bicyclic) bond motifs is 1. The predicted molar refractivity (Wildman–Crippen MR) is 130 cm³/mol. The van der Waals surface area contributed by atoms with Crippen molar-refractivity contribution in [1.29, 1.82) is 0 Å². The van der Waals surface area contributed by atoms with Crippen LogP contribution in [0, 0.1) is 0 Å². The van der Waals surface area contributed by atoms with Gasteiger partial charge in [-0.05, 0) is 77.9 Å². The van der Waals surface area contributed by atoms with Crippen LogP contribution in [-0.2, 0) is 6.42 Å². The lowest BCUT2D eigenvalue weighted by Gasteiger charge is -2.35. The van der Waals surface area contributed by atoms with Crippen LogP contribution in [-0.4, -0.2) is 31.7 Å². The van der Waals surface area contributed by atoms with Gasteiger partial charge in [0.15, 0.2) is 0 Å². The first-order valence-electron chi connectivity index (χ1n) is 11.7. The van der Waals surface area contributed by atoms with Gasteiger partial charge < -0.3 is 14.4 Å². The van der Waals surface area contributed by atoms with Crippen molar-refractivity contribution in [3.63, 3.8) is 0 Å². The Hall–Kier alpha value is -3.20. The standard InChI is InChI=1S/C29H31NO2/c1-31-26-14-16-28-24(21-26)11-15-27(22-7-3-2-4-8-22)29(28)23-9-12-25(13-10-23)32-20-19-30-17-5-6-18-30/h2-5,7-10,12-14,16-17,21,27,29H,6,11,15,18-20H2,1H3/t27-,29+/m1/s1. The topological polar surface area (TPSA) is 21.7 Å². The van der Waals surface area contributed by atoms with Gasteiger partial charge in [0.1, 0.15) is 18.1 Å². The normalized spacial score (nSPS) is 19.6. The number of hydrogen-bond acceptors (Lipinski definition) is 3. The second-order valence-electron chi connectivity index (χ2n) is 8.73. The van der Waals surface area contributed by atoms with Crippen LogP contribution in [0.4, 0.5) is 0 Å². The maximum Gasteiger partial charge on any atom is 0.119 e. The van der Waals surface area contributed by atoms with E-state index >= 15 is 0 Å². The molecule has 0 amide bonds. The lowest BCUT2D eigenvalue weighted by atomic mass is 9.69. The molecule has 1 heterocycles. The van der Waals surface area contributed by atoms with E-state index in [9.17, 15) is 0 Å². The summed E-state index contributed by atoms with van der Waals surface area (Å²) in [6.45, 7) is 2.75. The molecular weight excluding hydrogens is 394 g/mol. The molecule has 0 bridgehead atoms. The van der Waals surface area contributed by atoms with Crippen molar-refractivity contribution in [2.24, 2.45) is 0 Å². The molecule has 3 aromatic carbocycles. The summed E-state index contributed by atoms with van der Waals surface area (Å²) in [6, 6.07) is 26.3. The average molecular weight is 426 g/mol. The third-order valence-electron chi connectivity index (χ3n) is 6.83. The molecule has 0 saturated heterocycles. The Labute approximate surface area is 191 Å². The van der Waals surface area contributed by atoms with Crippen molar-refractivity contribution in [1.82, 2.24) is 4.90 Å². The van der Waals surface area contributed by atoms with E-state index < -0.39 is 0 Å². The van der Waals surface area contributed by atoms with Gasteiger partial charge >= 0.3 is 0 Å². The van der Waals surface area contributed by atoms with Gasteiger partial charge in [-0.15, -0.1) is 0 Å². The molecule has 2 aliphatic rings. The second-order valence-corrected chi connectivity index (χ2v) is 8.73. The van der Waals surface area contributed by atoms with E-state index in [4.69, 9.17) is 9.47 Å². The lowest BCUT2D eigenvalue weighted by molar-refractivity contribution is 0.262. The molecule has 0 spiro atoms. The van der Waals surface area contributed by atoms with Gasteiger partial charge in [0.05, 0.1) is 13.7 Å². The van der Waals surface area contributed by atoms with E-state index in [2.05, 4.69) is 90.0 Å². The first-order valence-corrected chi connectivity index (χ1v) is 11.7. The van der Waals surface area contributed by atoms with Crippen molar-refractivity contribution in [3.8, 4) is 11.5 Å². The van der Waals surface area contributed by atoms with E-state index in [-0.39, 0.29) is 0 Å². The average Bonchev–Trinajstić information content (AvgIpc) is 3.37. The smallest absolute Gasteiger partial charge is 0.119 e. The molecule has 0 radical (unpaired) electrons. The fourth-order valence-corrected chi connectivity index (χ4v) is 5.17. The highest BCUT2D eigenvalue weighted by atomic mass is 16.5. The van der Waals surface area contributed by atoms with Gasteiger partial charge in [-0.1, -0.05) is 54.6 Å². The molecule has 32 heavy (non-hydrogen) atoms. The molecule has 0 N–H and O–H groups in total. The SMILES string of the molecule is COc1ccc2c(c1)CC[C@H](c1ccccc1)[C@@H]2c1ccc(OCCN2C=CCC2)cc1. The van der Waals surface area contributed by atoms with Gasteiger partial charge in [0.2, 0.25) is 0 Å². The first-order chi connectivity index (χ1) is 15.8. The number of rotatable bonds is 7. The summed E-state index contributed by atoms with van der Waals surface area (Å²) in [7, 11) is 1.74. The molecule has 0 aromatic heterocycles. The van der Waals surface area contributed by atoms with Gasteiger partial charge in [-0.2, -0.15) is 0 Å². The fourth-order valence-electron chi connectivity index (χ4n) is 5.17. The third kappa shape index (κ3) is 4.38. The number of methoxy groups -OCH3 is 1. The van der Waals surface area contributed by atoms with Crippen LogP contribution in [0.3, 0.4) is 0 Å². The number of aryl methyl sites for hydroxylation is 1. The molecule has 164 valence electrons. The Morgan fingerprint density at radius 2 is 1.72 bits per heavy atom. The highest BCUT2D eigenvalue weighted by Gasteiger charge is 2.32. The zero-order chi connectivity index (χ0) is 21.8. The van der Waals surface area contributed by atoms with Crippen LogP contribution < -0.4 is 9.47 Å². The van der Waals surface area contributed by atoms with Crippen LogP contribution in [0.2, 0.25) is 0 Å². The molecule has 1 aliphatic carbocycles. The maximum atomic E-state index is 6.03. The molecule has 0 saturated carbocycles. The molecular formula is C29H31NO2. The number of ether oxygens (including phenoxy) is 2. The van der Waals surface area contributed by atoms with E-state index in [1.165, 1.54) is 22.3 Å². The van der Waals surface area contributed by atoms with E-state index in [0.717, 1.165) is 43.9 Å². The van der Waals surface area contributed by atoms with Crippen molar-refractivity contribution >= 4 is 0 Å². The van der Waals surface area contributed by atoms with Crippen LogP contribution in [0.25, 0.3) is 0 Å². The summed E-state index contributed by atoms with van der Waals surface area (Å²) in [5, 5.41) is 0. The van der Waals surface area contributed by atoms with Gasteiger partial charge in [0.25, 0.3) is 0 Å².